The largest absolute Gasteiger partial charge is 0.464 e. The van der Waals surface area contributed by atoms with Crippen LogP contribution in [0.3, 0.4) is 0 Å². The van der Waals surface area contributed by atoms with Gasteiger partial charge in [0.2, 0.25) is 5.91 Å². The van der Waals surface area contributed by atoms with Crippen molar-refractivity contribution in [2.24, 2.45) is 0 Å². The molecule has 3 unspecified atom stereocenters. The van der Waals surface area contributed by atoms with Crippen molar-refractivity contribution in [1.29, 1.82) is 0 Å². The Bertz CT molecular complexity index is 1590. The van der Waals surface area contributed by atoms with E-state index in [1.54, 1.807) is 48.2 Å². The van der Waals surface area contributed by atoms with Crippen molar-refractivity contribution < 1.29 is 22.7 Å². The molecule has 3 aromatic carbocycles. The molecule has 3 aromatic rings. The first kappa shape index (κ1) is 27.0. The van der Waals surface area contributed by atoms with Gasteiger partial charge in [-0.3, -0.25) is 9.10 Å². The Kier molecular flexibility index (Phi) is 6.81. The summed E-state index contributed by atoms with van der Waals surface area (Å²) in [7, 11) is -4.32. The number of anilines is 2. The van der Waals surface area contributed by atoms with Gasteiger partial charge in [-0.1, -0.05) is 59.6 Å². The van der Waals surface area contributed by atoms with Gasteiger partial charge in [0.25, 0.3) is 10.0 Å². The van der Waals surface area contributed by atoms with Crippen LogP contribution in [0.2, 0.25) is 5.02 Å². The minimum atomic E-state index is -4.32. The van der Waals surface area contributed by atoms with E-state index >= 15 is 0 Å². The van der Waals surface area contributed by atoms with E-state index in [1.165, 1.54) is 19.1 Å². The number of fused-ring (bicyclic) bond motifs is 3. The standard InChI is InChI=1S/C30H29ClN2O5S/c1-5-24-23-16-13-21(31)17-27(23)33(39(36,37)22-14-11-19(3)12-15-22)28(29(35)38-6-2)30(24)18-32(20(4)34)26-10-8-7-9-25(26)30/h5,7-17,24,28H,1,6,18H2,2-4H3. The molecule has 1 spiro atoms. The fourth-order valence-electron chi connectivity index (χ4n) is 6.04. The Labute approximate surface area is 233 Å². The molecule has 0 saturated heterocycles. The fraction of sp³-hybridized carbons (Fsp3) is 0.267. The monoisotopic (exact) mass is 564 g/mol. The number of rotatable bonds is 5. The topological polar surface area (TPSA) is 84.0 Å². The van der Waals surface area contributed by atoms with Crippen LogP contribution >= 0.6 is 11.6 Å². The molecule has 0 radical (unpaired) electrons. The van der Waals surface area contributed by atoms with Crippen LogP contribution in [0.5, 0.6) is 0 Å². The second kappa shape index (κ2) is 9.84. The Morgan fingerprint density at radius 2 is 1.79 bits per heavy atom. The summed E-state index contributed by atoms with van der Waals surface area (Å²) in [4.78, 5) is 28.6. The average Bonchev–Trinajstić information content (AvgIpc) is 3.24. The van der Waals surface area contributed by atoms with Crippen LogP contribution in [-0.2, 0) is 29.8 Å². The molecule has 3 atom stereocenters. The Hall–Kier alpha value is -3.62. The van der Waals surface area contributed by atoms with Crippen LogP contribution in [-0.4, -0.2) is 39.5 Å². The Balaban J connectivity index is 1.91. The molecule has 0 bridgehead atoms. The van der Waals surface area contributed by atoms with E-state index in [2.05, 4.69) is 6.58 Å². The van der Waals surface area contributed by atoms with Crippen LogP contribution in [0, 0.1) is 6.92 Å². The molecule has 7 nitrogen and oxygen atoms in total. The number of halogens is 1. The van der Waals surface area contributed by atoms with Crippen molar-refractivity contribution in [2.75, 3.05) is 22.4 Å². The number of ether oxygens (including phenoxy) is 1. The van der Waals surface area contributed by atoms with Crippen molar-refractivity contribution in [3.63, 3.8) is 0 Å². The van der Waals surface area contributed by atoms with Crippen molar-refractivity contribution in [3.05, 3.63) is 101 Å². The fourth-order valence-corrected chi connectivity index (χ4v) is 7.88. The third-order valence-electron chi connectivity index (χ3n) is 7.66. The van der Waals surface area contributed by atoms with Crippen LogP contribution in [0.25, 0.3) is 0 Å². The third-order valence-corrected chi connectivity index (χ3v) is 9.69. The predicted molar refractivity (Wildman–Crippen MR) is 152 cm³/mol. The van der Waals surface area contributed by atoms with E-state index < -0.39 is 33.4 Å². The second-order valence-corrected chi connectivity index (χ2v) is 12.1. The lowest BCUT2D eigenvalue weighted by molar-refractivity contribution is -0.146. The van der Waals surface area contributed by atoms with E-state index in [4.69, 9.17) is 16.3 Å². The zero-order valence-corrected chi connectivity index (χ0v) is 23.5. The third kappa shape index (κ3) is 4.05. The van der Waals surface area contributed by atoms with Gasteiger partial charge in [0.1, 0.15) is 0 Å². The Morgan fingerprint density at radius 1 is 1.10 bits per heavy atom. The van der Waals surface area contributed by atoms with Gasteiger partial charge in [-0.2, -0.15) is 0 Å². The van der Waals surface area contributed by atoms with Gasteiger partial charge >= 0.3 is 5.97 Å². The van der Waals surface area contributed by atoms with Gasteiger partial charge in [-0.05, 0) is 55.3 Å². The van der Waals surface area contributed by atoms with E-state index in [1.807, 2.05) is 31.2 Å². The molecule has 39 heavy (non-hydrogen) atoms. The number of esters is 1. The molecular weight excluding hydrogens is 536 g/mol. The number of nitrogens with zero attached hydrogens (tertiary/aromatic N) is 2. The maximum Gasteiger partial charge on any atom is 0.331 e. The molecule has 2 aliphatic rings. The van der Waals surface area contributed by atoms with Crippen LogP contribution in [0.1, 0.15) is 36.5 Å². The summed E-state index contributed by atoms with van der Waals surface area (Å²) < 4.78 is 35.8. The van der Waals surface area contributed by atoms with Gasteiger partial charge in [-0.15, -0.1) is 6.58 Å². The number of hydrogen-bond donors (Lipinski definition) is 0. The minimum absolute atomic E-state index is 0.0234. The number of carbonyl (C=O) groups is 2. The van der Waals surface area contributed by atoms with E-state index in [-0.39, 0.29) is 29.6 Å². The number of carbonyl (C=O) groups excluding carboxylic acids is 2. The summed E-state index contributed by atoms with van der Waals surface area (Å²) in [5.74, 6) is -1.49. The van der Waals surface area contributed by atoms with Crippen molar-refractivity contribution in [2.45, 2.75) is 43.0 Å². The van der Waals surface area contributed by atoms with Crippen molar-refractivity contribution in [1.82, 2.24) is 0 Å². The molecule has 9 heteroatoms. The molecule has 5 rings (SSSR count). The number of para-hydroxylation sites is 1. The van der Waals surface area contributed by atoms with Gasteiger partial charge in [0.05, 0.1) is 22.6 Å². The first-order valence-corrected chi connectivity index (χ1v) is 14.5. The first-order chi connectivity index (χ1) is 18.6. The quantitative estimate of drug-likeness (QED) is 0.307. The van der Waals surface area contributed by atoms with Gasteiger partial charge in [0.15, 0.2) is 6.04 Å². The highest BCUT2D eigenvalue weighted by Crippen LogP contribution is 2.59. The van der Waals surface area contributed by atoms with Crippen LogP contribution in [0.4, 0.5) is 11.4 Å². The highest BCUT2D eigenvalue weighted by molar-refractivity contribution is 7.93. The minimum Gasteiger partial charge on any atom is -0.464 e. The zero-order valence-electron chi connectivity index (χ0n) is 21.9. The summed E-state index contributed by atoms with van der Waals surface area (Å²) in [5, 5.41) is 0.316. The lowest BCUT2D eigenvalue weighted by Gasteiger charge is -2.51. The smallest absolute Gasteiger partial charge is 0.331 e. The summed E-state index contributed by atoms with van der Waals surface area (Å²) >= 11 is 6.42. The molecule has 0 N–H and O–H groups in total. The second-order valence-electron chi connectivity index (χ2n) is 9.85. The van der Waals surface area contributed by atoms with Crippen molar-refractivity contribution in [3.8, 4) is 0 Å². The number of aryl methyl sites for hydroxylation is 1. The number of amides is 1. The highest BCUT2D eigenvalue weighted by atomic mass is 35.5. The molecule has 202 valence electrons. The predicted octanol–water partition coefficient (Wildman–Crippen LogP) is 5.36. The maximum absolute atomic E-state index is 14.5. The maximum atomic E-state index is 14.5. The molecule has 0 aromatic heterocycles. The molecule has 2 aliphatic heterocycles. The summed E-state index contributed by atoms with van der Waals surface area (Å²) in [6.45, 7) is 9.20. The van der Waals surface area contributed by atoms with Gasteiger partial charge in [0, 0.05) is 30.1 Å². The van der Waals surface area contributed by atoms with Crippen molar-refractivity contribution >= 4 is 44.9 Å². The number of allylic oxidation sites excluding steroid dienone is 1. The van der Waals surface area contributed by atoms with Crippen LogP contribution in [0.15, 0.2) is 84.3 Å². The normalized spacial score (nSPS) is 21.8. The lowest BCUT2D eigenvalue weighted by Crippen LogP contribution is -2.64. The summed E-state index contributed by atoms with van der Waals surface area (Å²) in [6.07, 6.45) is 1.72. The van der Waals surface area contributed by atoms with E-state index in [0.29, 0.717) is 21.8 Å². The SMILES string of the molecule is C=CC1c2ccc(Cl)cc2N(S(=O)(=O)c2ccc(C)cc2)C(C(=O)OCC)C12CN(C(C)=O)c1ccccc12. The summed E-state index contributed by atoms with van der Waals surface area (Å²) in [6, 6.07) is 17.4. The van der Waals surface area contributed by atoms with Gasteiger partial charge < -0.3 is 9.64 Å². The average molecular weight is 565 g/mol. The molecule has 0 saturated carbocycles. The van der Waals surface area contributed by atoms with E-state index in [9.17, 15) is 18.0 Å². The number of sulfonamides is 1. The zero-order chi connectivity index (χ0) is 28.1. The molecule has 2 heterocycles. The summed E-state index contributed by atoms with van der Waals surface area (Å²) in [5.41, 5.74) is 1.86. The molecule has 1 amide bonds. The number of hydrogen-bond acceptors (Lipinski definition) is 5. The molecule has 0 fully saturated rings. The lowest BCUT2D eigenvalue weighted by atomic mass is 9.61. The molecular formula is C30H29ClN2O5S. The van der Waals surface area contributed by atoms with Crippen LogP contribution < -0.4 is 9.21 Å². The molecule has 0 aliphatic carbocycles. The first-order valence-electron chi connectivity index (χ1n) is 12.6. The van der Waals surface area contributed by atoms with E-state index in [0.717, 1.165) is 9.87 Å². The Morgan fingerprint density at radius 3 is 2.44 bits per heavy atom. The number of benzene rings is 3. The highest BCUT2D eigenvalue weighted by Gasteiger charge is 2.63. The van der Waals surface area contributed by atoms with Gasteiger partial charge in [-0.25, -0.2) is 13.2 Å².